The van der Waals surface area contributed by atoms with E-state index in [1.54, 1.807) is 30.3 Å². The molecule has 0 atom stereocenters. The topological polar surface area (TPSA) is 119 Å². The second-order valence-electron chi connectivity index (χ2n) is 7.22. The van der Waals surface area contributed by atoms with Crippen molar-refractivity contribution in [2.45, 2.75) is 6.92 Å². The van der Waals surface area contributed by atoms with Crippen molar-refractivity contribution in [3.63, 3.8) is 0 Å². The maximum Gasteiger partial charge on any atom is 0.292 e. The van der Waals surface area contributed by atoms with Crippen molar-refractivity contribution in [2.75, 3.05) is 36.0 Å². The Morgan fingerprint density at radius 3 is 2.26 bits per heavy atom. The second kappa shape index (κ2) is 8.34. The van der Waals surface area contributed by atoms with Crippen LogP contribution in [0.4, 0.5) is 22.9 Å². The minimum Gasteiger partial charge on any atom is -0.362 e. The van der Waals surface area contributed by atoms with Crippen molar-refractivity contribution in [1.29, 1.82) is 0 Å². The average molecular weight is 420 g/mol. The van der Waals surface area contributed by atoms with Gasteiger partial charge in [0, 0.05) is 61.7 Å². The molecule has 0 N–H and O–H groups in total. The lowest BCUT2D eigenvalue weighted by Crippen LogP contribution is -2.47. The summed E-state index contributed by atoms with van der Waals surface area (Å²) in [7, 11) is 0. The second-order valence-corrected chi connectivity index (χ2v) is 7.22. The van der Waals surface area contributed by atoms with E-state index in [4.69, 9.17) is 0 Å². The fourth-order valence-corrected chi connectivity index (χ4v) is 3.66. The highest BCUT2D eigenvalue weighted by Crippen LogP contribution is 2.29. The van der Waals surface area contributed by atoms with E-state index in [1.165, 1.54) is 18.2 Å². The molecule has 2 heterocycles. The molecule has 4 rings (SSSR count). The molecule has 1 aliphatic heterocycles. The Bertz CT molecular complexity index is 1140. The average Bonchev–Trinajstić information content (AvgIpc) is 2.79. The Morgan fingerprint density at radius 1 is 0.839 bits per heavy atom. The third-order valence-corrected chi connectivity index (χ3v) is 5.18. The molecular formula is C21H20N6O4. The quantitative estimate of drug-likeness (QED) is 0.454. The largest absolute Gasteiger partial charge is 0.362 e. The van der Waals surface area contributed by atoms with Crippen molar-refractivity contribution >= 4 is 22.9 Å². The molecule has 10 heteroatoms. The van der Waals surface area contributed by atoms with Crippen LogP contribution < -0.4 is 9.80 Å². The number of hydrogen-bond acceptors (Lipinski definition) is 8. The summed E-state index contributed by atoms with van der Waals surface area (Å²) in [6.07, 6.45) is 0. The predicted molar refractivity (Wildman–Crippen MR) is 116 cm³/mol. The Morgan fingerprint density at radius 2 is 1.55 bits per heavy atom. The molecule has 3 aromatic rings. The van der Waals surface area contributed by atoms with E-state index < -0.39 is 4.92 Å². The third-order valence-electron chi connectivity index (χ3n) is 5.18. The van der Waals surface area contributed by atoms with Crippen molar-refractivity contribution in [3.05, 3.63) is 80.5 Å². The van der Waals surface area contributed by atoms with Crippen molar-refractivity contribution < 1.29 is 9.85 Å². The number of hydrogen-bond donors (Lipinski definition) is 0. The molecule has 1 aromatic heterocycles. The van der Waals surface area contributed by atoms with Gasteiger partial charge in [-0.25, -0.2) is 9.97 Å². The lowest BCUT2D eigenvalue weighted by molar-refractivity contribution is -0.384. The maximum atomic E-state index is 11.3. The molecule has 0 radical (unpaired) electrons. The molecule has 1 saturated heterocycles. The number of para-hydroxylation sites is 2. The van der Waals surface area contributed by atoms with E-state index in [0.717, 1.165) is 11.5 Å². The van der Waals surface area contributed by atoms with Crippen LogP contribution in [-0.2, 0) is 0 Å². The van der Waals surface area contributed by atoms with E-state index in [2.05, 4.69) is 14.9 Å². The summed E-state index contributed by atoms with van der Waals surface area (Å²) in [6, 6.07) is 14.9. The fraction of sp³-hybridized carbons (Fsp3) is 0.238. The van der Waals surface area contributed by atoms with Crippen LogP contribution in [0.3, 0.4) is 0 Å². The Labute approximate surface area is 178 Å². The zero-order valence-electron chi connectivity index (χ0n) is 16.8. The molecular weight excluding hydrogens is 400 g/mol. The standard InChI is InChI=1S/C21H20N6O4/c1-15-13-20(23-21(22-15)16-5-4-6-17(14-16)26(28)29)25-11-9-24(10-12-25)18-7-2-3-8-19(18)27(30)31/h2-8,13-14H,9-12H2,1H3. The van der Waals surface area contributed by atoms with Crippen LogP contribution in [0.1, 0.15) is 5.69 Å². The minimum atomic E-state index is -0.442. The van der Waals surface area contributed by atoms with Gasteiger partial charge in [0.2, 0.25) is 0 Å². The number of rotatable bonds is 5. The number of nitro benzene ring substituents is 2. The number of benzene rings is 2. The highest BCUT2D eigenvalue weighted by atomic mass is 16.6. The summed E-state index contributed by atoms with van der Waals surface area (Å²) in [4.78, 5) is 34.8. The molecule has 1 fully saturated rings. The van der Waals surface area contributed by atoms with Crippen molar-refractivity contribution in [3.8, 4) is 11.4 Å². The third kappa shape index (κ3) is 4.27. The molecule has 158 valence electrons. The van der Waals surface area contributed by atoms with Gasteiger partial charge < -0.3 is 9.80 Å². The molecule has 0 amide bonds. The summed E-state index contributed by atoms with van der Waals surface area (Å²) in [6.45, 7) is 4.35. The number of aryl methyl sites for hydroxylation is 1. The summed E-state index contributed by atoms with van der Waals surface area (Å²) in [5.74, 6) is 1.16. The predicted octanol–water partition coefficient (Wildman–Crippen LogP) is 3.60. The van der Waals surface area contributed by atoms with E-state index in [1.807, 2.05) is 17.9 Å². The van der Waals surface area contributed by atoms with Gasteiger partial charge in [0.1, 0.15) is 11.5 Å². The summed E-state index contributed by atoms with van der Waals surface area (Å²) in [5, 5.41) is 22.4. The number of piperazine rings is 1. The first-order valence-corrected chi connectivity index (χ1v) is 9.76. The van der Waals surface area contributed by atoms with E-state index in [9.17, 15) is 20.2 Å². The van der Waals surface area contributed by atoms with Gasteiger partial charge in [0.15, 0.2) is 5.82 Å². The number of anilines is 2. The first kappa shape index (κ1) is 20.2. The van der Waals surface area contributed by atoms with Crippen LogP contribution in [0.5, 0.6) is 0 Å². The lowest BCUT2D eigenvalue weighted by atomic mass is 10.2. The van der Waals surface area contributed by atoms with E-state index in [-0.39, 0.29) is 16.3 Å². The van der Waals surface area contributed by atoms with E-state index in [0.29, 0.717) is 43.3 Å². The maximum absolute atomic E-state index is 11.3. The highest BCUT2D eigenvalue weighted by Gasteiger charge is 2.24. The van der Waals surface area contributed by atoms with Crippen molar-refractivity contribution in [2.24, 2.45) is 0 Å². The zero-order chi connectivity index (χ0) is 22.0. The smallest absolute Gasteiger partial charge is 0.292 e. The van der Waals surface area contributed by atoms with Crippen LogP contribution in [0.25, 0.3) is 11.4 Å². The Balaban J connectivity index is 1.55. The monoisotopic (exact) mass is 420 g/mol. The van der Waals surface area contributed by atoms with Crippen LogP contribution in [0.15, 0.2) is 54.6 Å². The van der Waals surface area contributed by atoms with Gasteiger partial charge in [0.05, 0.1) is 9.85 Å². The summed E-state index contributed by atoms with van der Waals surface area (Å²) in [5.41, 5.74) is 2.04. The summed E-state index contributed by atoms with van der Waals surface area (Å²) < 4.78 is 0. The first-order valence-electron chi connectivity index (χ1n) is 9.76. The molecule has 2 aromatic carbocycles. The van der Waals surface area contributed by atoms with Gasteiger partial charge in [0.25, 0.3) is 11.4 Å². The number of non-ortho nitro benzene ring substituents is 1. The number of nitrogens with zero attached hydrogens (tertiary/aromatic N) is 6. The molecule has 0 bridgehead atoms. The SMILES string of the molecule is Cc1cc(N2CCN(c3ccccc3[N+](=O)[O-])CC2)nc(-c2cccc([N+](=O)[O-])c2)n1. The molecule has 0 unspecified atom stereocenters. The highest BCUT2D eigenvalue weighted by molar-refractivity contribution is 5.64. The Kier molecular flexibility index (Phi) is 5.44. The molecule has 0 aliphatic carbocycles. The van der Waals surface area contributed by atoms with Crippen LogP contribution in [0.2, 0.25) is 0 Å². The molecule has 0 spiro atoms. The molecule has 1 aliphatic rings. The van der Waals surface area contributed by atoms with Gasteiger partial charge in [-0.1, -0.05) is 24.3 Å². The zero-order valence-corrected chi connectivity index (χ0v) is 16.8. The van der Waals surface area contributed by atoms with Crippen LogP contribution in [-0.4, -0.2) is 46.0 Å². The molecule has 31 heavy (non-hydrogen) atoms. The molecule has 10 nitrogen and oxygen atoms in total. The lowest BCUT2D eigenvalue weighted by Gasteiger charge is -2.36. The minimum absolute atomic E-state index is 0.0118. The fourth-order valence-electron chi connectivity index (χ4n) is 3.66. The van der Waals surface area contributed by atoms with Crippen molar-refractivity contribution in [1.82, 2.24) is 9.97 Å². The first-order chi connectivity index (χ1) is 14.9. The van der Waals surface area contributed by atoms with E-state index >= 15 is 0 Å². The summed E-state index contributed by atoms with van der Waals surface area (Å²) >= 11 is 0. The van der Waals surface area contributed by atoms with Crippen LogP contribution in [0, 0.1) is 27.2 Å². The number of aromatic nitrogens is 2. The van der Waals surface area contributed by atoms with Crippen LogP contribution >= 0.6 is 0 Å². The Hall–Kier alpha value is -4.08. The number of nitro groups is 2. The molecule has 0 saturated carbocycles. The van der Waals surface area contributed by atoms with Gasteiger partial charge in [-0.15, -0.1) is 0 Å². The van der Waals surface area contributed by atoms with Gasteiger partial charge in [-0.05, 0) is 13.0 Å². The van der Waals surface area contributed by atoms with Gasteiger partial charge in [-0.3, -0.25) is 20.2 Å². The van der Waals surface area contributed by atoms with Gasteiger partial charge in [-0.2, -0.15) is 0 Å². The van der Waals surface area contributed by atoms with Gasteiger partial charge >= 0.3 is 0 Å². The normalized spacial score (nSPS) is 13.8.